The summed E-state index contributed by atoms with van der Waals surface area (Å²) in [6, 6.07) is 20.4. The summed E-state index contributed by atoms with van der Waals surface area (Å²) >= 11 is 0. The lowest BCUT2D eigenvalue weighted by Gasteiger charge is -2.53. The van der Waals surface area contributed by atoms with Gasteiger partial charge < -0.3 is 24.8 Å². The second kappa shape index (κ2) is 10.8. The molecule has 8 heteroatoms. The maximum absolute atomic E-state index is 15.2. The minimum Gasteiger partial charge on any atom is -0.387 e. The SMILES string of the molecule is O=C(N1CC[C@@](O)(Cn2cc(F)c(-c3ccccc3)cc2=O)C2(CCCC2)C1)N1CCNC[C@H]1c1ccccc1. The van der Waals surface area contributed by atoms with Crippen molar-refractivity contribution in [1.82, 2.24) is 19.7 Å². The Hall–Kier alpha value is -3.49. The standard InChI is InChI=1S/C32H37FN4O3/c33-27-21-36(29(38)19-26(27)24-9-3-1-4-10-24)23-32(40)15-17-35(22-31(32)13-7-8-14-31)30(39)37-18-16-34-20-28(37)25-11-5-2-6-12-25/h1-6,9-12,19,21,28,34,40H,7-8,13-18,20,22-23H2/t28-,32+/m0/s1. The maximum atomic E-state index is 15.2. The molecule has 1 aliphatic carbocycles. The van der Waals surface area contributed by atoms with E-state index >= 15 is 4.39 Å². The van der Waals surface area contributed by atoms with Crippen LogP contribution in [-0.4, -0.2) is 63.8 Å². The molecule has 210 valence electrons. The summed E-state index contributed by atoms with van der Waals surface area (Å²) in [6.07, 6.45) is 5.04. The number of likely N-dealkylation sites (tertiary alicyclic amines) is 1. The molecule has 2 atom stereocenters. The Morgan fingerprint density at radius 1 is 1.00 bits per heavy atom. The van der Waals surface area contributed by atoms with Gasteiger partial charge in [0.05, 0.1) is 18.2 Å². The van der Waals surface area contributed by atoms with Gasteiger partial charge in [-0.1, -0.05) is 73.5 Å². The summed E-state index contributed by atoms with van der Waals surface area (Å²) in [6.45, 7) is 2.90. The van der Waals surface area contributed by atoms with Crippen molar-refractivity contribution >= 4 is 6.03 Å². The molecule has 2 aromatic carbocycles. The number of amides is 2. The van der Waals surface area contributed by atoms with E-state index in [1.807, 2.05) is 46.2 Å². The summed E-state index contributed by atoms with van der Waals surface area (Å²) in [5.41, 5.74) is -0.0879. The number of aliphatic hydroxyl groups is 1. The van der Waals surface area contributed by atoms with Crippen molar-refractivity contribution in [3.05, 3.63) is 94.7 Å². The predicted octanol–water partition coefficient (Wildman–Crippen LogP) is 4.42. The van der Waals surface area contributed by atoms with Crippen molar-refractivity contribution in [2.75, 3.05) is 32.7 Å². The van der Waals surface area contributed by atoms with Crippen molar-refractivity contribution in [3.63, 3.8) is 0 Å². The van der Waals surface area contributed by atoms with Gasteiger partial charge in [-0.05, 0) is 30.4 Å². The van der Waals surface area contributed by atoms with Crippen LogP contribution in [0.2, 0.25) is 0 Å². The molecule has 3 aromatic rings. The first-order valence-corrected chi connectivity index (χ1v) is 14.4. The van der Waals surface area contributed by atoms with Crippen molar-refractivity contribution in [3.8, 4) is 11.1 Å². The number of benzene rings is 2. The number of halogens is 1. The van der Waals surface area contributed by atoms with E-state index < -0.39 is 16.8 Å². The monoisotopic (exact) mass is 544 g/mol. The van der Waals surface area contributed by atoms with Crippen LogP contribution in [-0.2, 0) is 6.54 Å². The highest BCUT2D eigenvalue weighted by molar-refractivity contribution is 5.75. The number of carbonyl (C=O) groups is 1. The zero-order chi connectivity index (χ0) is 27.7. The third-order valence-electron chi connectivity index (χ3n) is 9.37. The van der Waals surface area contributed by atoms with E-state index in [9.17, 15) is 14.7 Å². The minimum absolute atomic E-state index is 0.000830. The third kappa shape index (κ3) is 4.84. The summed E-state index contributed by atoms with van der Waals surface area (Å²) in [7, 11) is 0. The molecule has 0 bridgehead atoms. The molecule has 3 fully saturated rings. The van der Waals surface area contributed by atoms with Gasteiger partial charge in [-0.3, -0.25) is 4.79 Å². The van der Waals surface area contributed by atoms with Gasteiger partial charge in [0.2, 0.25) is 0 Å². The Bertz CT molecular complexity index is 1410. The number of nitrogens with zero attached hydrogens (tertiary/aromatic N) is 3. The summed E-state index contributed by atoms with van der Waals surface area (Å²) < 4.78 is 16.5. The lowest BCUT2D eigenvalue weighted by molar-refractivity contribution is -0.136. The average Bonchev–Trinajstić information content (AvgIpc) is 3.47. The van der Waals surface area contributed by atoms with Crippen LogP contribution in [0.15, 0.2) is 77.7 Å². The molecule has 2 N–H and O–H groups in total. The highest BCUT2D eigenvalue weighted by Crippen LogP contribution is 2.52. The van der Waals surface area contributed by atoms with Crippen molar-refractivity contribution in [2.24, 2.45) is 5.41 Å². The fraction of sp³-hybridized carbons (Fsp3) is 0.438. The van der Waals surface area contributed by atoms with Gasteiger partial charge in [-0.25, -0.2) is 9.18 Å². The van der Waals surface area contributed by atoms with Crippen LogP contribution in [0.3, 0.4) is 0 Å². The highest BCUT2D eigenvalue weighted by atomic mass is 19.1. The molecule has 1 saturated carbocycles. The van der Waals surface area contributed by atoms with E-state index in [2.05, 4.69) is 17.4 Å². The van der Waals surface area contributed by atoms with Gasteiger partial charge in [0.15, 0.2) is 0 Å². The number of piperidine rings is 1. The van der Waals surface area contributed by atoms with Crippen LogP contribution in [0.25, 0.3) is 11.1 Å². The molecule has 3 heterocycles. The summed E-state index contributed by atoms with van der Waals surface area (Å²) in [5, 5.41) is 15.6. The van der Waals surface area contributed by atoms with Crippen LogP contribution in [0, 0.1) is 11.2 Å². The number of rotatable bonds is 4. The van der Waals surface area contributed by atoms with Gasteiger partial charge in [-0.15, -0.1) is 0 Å². The zero-order valence-corrected chi connectivity index (χ0v) is 22.8. The van der Waals surface area contributed by atoms with Crippen LogP contribution >= 0.6 is 0 Å². The van der Waals surface area contributed by atoms with E-state index in [-0.39, 0.29) is 29.7 Å². The number of aromatic nitrogens is 1. The first-order valence-electron chi connectivity index (χ1n) is 14.4. The number of hydrogen-bond donors (Lipinski definition) is 2. The van der Waals surface area contributed by atoms with Gasteiger partial charge in [0.1, 0.15) is 5.82 Å². The van der Waals surface area contributed by atoms with E-state index in [0.717, 1.165) is 37.8 Å². The van der Waals surface area contributed by atoms with E-state index in [1.54, 1.807) is 12.1 Å². The lowest BCUT2D eigenvalue weighted by atomic mass is 9.66. The number of nitrogens with one attached hydrogen (secondary N) is 1. The van der Waals surface area contributed by atoms with E-state index in [1.165, 1.54) is 16.8 Å². The Balaban J connectivity index is 1.24. The summed E-state index contributed by atoms with van der Waals surface area (Å²) in [4.78, 5) is 31.0. The smallest absolute Gasteiger partial charge is 0.320 e. The van der Waals surface area contributed by atoms with Gasteiger partial charge in [0.25, 0.3) is 5.56 Å². The second-order valence-electron chi connectivity index (χ2n) is 11.7. The topological polar surface area (TPSA) is 77.8 Å². The highest BCUT2D eigenvalue weighted by Gasteiger charge is 2.56. The molecule has 2 amide bonds. The first kappa shape index (κ1) is 26.7. The normalized spacial score (nSPS) is 24.4. The average molecular weight is 545 g/mol. The Labute approximate surface area is 234 Å². The molecule has 40 heavy (non-hydrogen) atoms. The molecule has 2 aliphatic heterocycles. The largest absolute Gasteiger partial charge is 0.387 e. The van der Waals surface area contributed by atoms with Crippen molar-refractivity contribution in [2.45, 2.75) is 50.3 Å². The molecule has 6 rings (SSSR count). The molecular weight excluding hydrogens is 507 g/mol. The molecular formula is C32H37FN4O3. The fourth-order valence-electron chi connectivity index (χ4n) is 7.14. The predicted molar refractivity (Wildman–Crippen MR) is 152 cm³/mol. The molecule has 1 aromatic heterocycles. The Kier molecular flexibility index (Phi) is 7.23. The lowest BCUT2D eigenvalue weighted by Crippen LogP contribution is -2.64. The Morgan fingerprint density at radius 2 is 1.70 bits per heavy atom. The number of carbonyl (C=O) groups excluding carboxylic acids is 1. The van der Waals surface area contributed by atoms with Crippen molar-refractivity contribution in [1.29, 1.82) is 0 Å². The quantitative estimate of drug-likeness (QED) is 0.510. The number of pyridine rings is 1. The molecule has 1 spiro atoms. The Morgan fingerprint density at radius 3 is 2.42 bits per heavy atom. The van der Waals surface area contributed by atoms with Crippen LogP contribution < -0.4 is 10.9 Å². The number of hydrogen-bond acceptors (Lipinski definition) is 4. The molecule has 7 nitrogen and oxygen atoms in total. The summed E-state index contributed by atoms with van der Waals surface area (Å²) in [5.74, 6) is -0.492. The molecule has 2 saturated heterocycles. The fourth-order valence-corrected chi connectivity index (χ4v) is 7.14. The molecule has 3 aliphatic rings. The second-order valence-corrected chi connectivity index (χ2v) is 11.7. The van der Waals surface area contributed by atoms with Crippen LogP contribution in [0.1, 0.15) is 43.7 Å². The van der Waals surface area contributed by atoms with Crippen molar-refractivity contribution < 1.29 is 14.3 Å². The number of urea groups is 1. The molecule has 0 radical (unpaired) electrons. The van der Waals surface area contributed by atoms with E-state index in [0.29, 0.717) is 38.2 Å². The van der Waals surface area contributed by atoms with Gasteiger partial charge in [0, 0.05) is 56.0 Å². The first-order chi connectivity index (χ1) is 19.4. The third-order valence-corrected chi connectivity index (χ3v) is 9.37. The number of piperazine rings is 1. The maximum Gasteiger partial charge on any atom is 0.320 e. The zero-order valence-electron chi connectivity index (χ0n) is 22.8. The minimum atomic E-state index is -1.22. The van der Waals surface area contributed by atoms with Crippen LogP contribution in [0.5, 0.6) is 0 Å². The van der Waals surface area contributed by atoms with Gasteiger partial charge in [-0.2, -0.15) is 0 Å². The molecule has 0 unspecified atom stereocenters. The van der Waals surface area contributed by atoms with Crippen LogP contribution in [0.4, 0.5) is 9.18 Å². The van der Waals surface area contributed by atoms with E-state index in [4.69, 9.17) is 0 Å². The van der Waals surface area contributed by atoms with Gasteiger partial charge >= 0.3 is 6.03 Å².